The minimum Gasteiger partial charge on any atom is -0.486 e. The maximum absolute atomic E-state index is 12.8. The summed E-state index contributed by atoms with van der Waals surface area (Å²) in [5.74, 6) is 1.89. The zero-order chi connectivity index (χ0) is 19.3. The lowest BCUT2D eigenvalue weighted by Gasteiger charge is -2.20. The van der Waals surface area contributed by atoms with Crippen LogP contribution in [0.5, 0.6) is 5.75 Å². The summed E-state index contributed by atoms with van der Waals surface area (Å²) >= 11 is 0. The molecule has 0 atom stereocenters. The van der Waals surface area contributed by atoms with Crippen molar-refractivity contribution in [2.24, 2.45) is 0 Å². The maximum Gasteiger partial charge on any atom is 0.289 e. The molecule has 2 aromatic rings. The third-order valence-corrected chi connectivity index (χ3v) is 5.59. The van der Waals surface area contributed by atoms with E-state index in [1.165, 1.54) is 24.0 Å². The third kappa shape index (κ3) is 4.30. The molecule has 148 valence electrons. The van der Waals surface area contributed by atoms with Gasteiger partial charge in [-0.1, -0.05) is 12.1 Å². The van der Waals surface area contributed by atoms with Gasteiger partial charge in [-0.05, 0) is 61.1 Å². The molecule has 0 saturated carbocycles. The molecule has 2 heterocycles. The van der Waals surface area contributed by atoms with E-state index in [0.29, 0.717) is 24.7 Å². The predicted octanol–water partition coefficient (Wildman–Crippen LogP) is 3.68. The monoisotopic (exact) mass is 380 g/mol. The second-order valence-corrected chi connectivity index (χ2v) is 7.57. The van der Waals surface area contributed by atoms with Crippen LogP contribution in [0.3, 0.4) is 0 Å². The molecule has 0 bridgehead atoms. The van der Waals surface area contributed by atoms with Crippen molar-refractivity contribution in [3.63, 3.8) is 0 Å². The van der Waals surface area contributed by atoms with Crippen LogP contribution in [0.25, 0.3) is 0 Å². The van der Waals surface area contributed by atoms with E-state index < -0.39 is 0 Å². The quantitative estimate of drug-likeness (QED) is 0.717. The van der Waals surface area contributed by atoms with Gasteiger partial charge in [-0.15, -0.1) is 6.58 Å². The van der Waals surface area contributed by atoms with E-state index in [1.54, 1.807) is 6.07 Å². The first-order chi connectivity index (χ1) is 13.7. The number of rotatable bonds is 6. The third-order valence-electron chi connectivity index (χ3n) is 5.59. The fourth-order valence-electron chi connectivity index (χ4n) is 4.06. The summed E-state index contributed by atoms with van der Waals surface area (Å²) in [6.45, 7) is 8.33. The Hall–Kier alpha value is -2.53. The first-order valence-corrected chi connectivity index (χ1v) is 10.2. The summed E-state index contributed by atoms with van der Waals surface area (Å²) in [5.41, 5.74) is 2.82. The SMILES string of the molecule is C=CCN1CCCN(C(=O)c2ccc(COc3ccc4c(c3)CCC4)o2)CC1. The van der Waals surface area contributed by atoms with E-state index in [1.807, 2.05) is 23.1 Å². The number of benzene rings is 1. The number of amides is 1. The summed E-state index contributed by atoms with van der Waals surface area (Å²) in [6.07, 6.45) is 6.41. The topological polar surface area (TPSA) is 45.9 Å². The van der Waals surface area contributed by atoms with Crippen molar-refractivity contribution >= 4 is 5.91 Å². The van der Waals surface area contributed by atoms with Crippen LogP contribution in [0, 0.1) is 0 Å². The van der Waals surface area contributed by atoms with Gasteiger partial charge in [0.25, 0.3) is 5.91 Å². The zero-order valence-electron chi connectivity index (χ0n) is 16.4. The zero-order valence-corrected chi connectivity index (χ0v) is 16.4. The molecule has 1 aromatic carbocycles. The Morgan fingerprint density at radius 1 is 1.07 bits per heavy atom. The molecular weight excluding hydrogens is 352 g/mol. The Kier molecular flexibility index (Phi) is 5.81. The molecule has 0 unspecified atom stereocenters. The fourth-order valence-corrected chi connectivity index (χ4v) is 4.06. The molecule has 1 amide bonds. The molecule has 1 aromatic heterocycles. The highest BCUT2D eigenvalue weighted by Gasteiger charge is 2.22. The van der Waals surface area contributed by atoms with Crippen LogP contribution < -0.4 is 4.74 Å². The lowest BCUT2D eigenvalue weighted by molar-refractivity contribution is 0.0726. The molecule has 4 rings (SSSR count). The van der Waals surface area contributed by atoms with Gasteiger partial charge in [-0.2, -0.15) is 0 Å². The molecule has 28 heavy (non-hydrogen) atoms. The van der Waals surface area contributed by atoms with E-state index in [9.17, 15) is 4.79 Å². The Morgan fingerprint density at radius 2 is 1.96 bits per heavy atom. The second kappa shape index (κ2) is 8.65. The first-order valence-electron chi connectivity index (χ1n) is 10.2. The average molecular weight is 380 g/mol. The molecule has 5 nitrogen and oxygen atoms in total. The van der Waals surface area contributed by atoms with E-state index in [-0.39, 0.29) is 5.91 Å². The number of hydrogen-bond acceptors (Lipinski definition) is 4. The number of carbonyl (C=O) groups excluding carboxylic acids is 1. The van der Waals surface area contributed by atoms with E-state index >= 15 is 0 Å². The van der Waals surface area contributed by atoms with E-state index in [4.69, 9.17) is 9.15 Å². The summed E-state index contributed by atoms with van der Waals surface area (Å²) in [5, 5.41) is 0. The Bertz CT molecular complexity index is 842. The van der Waals surface area contributed by atoms with Crippen molar-refractivity contribution in [2.75, 3.05) is 32.7 Å². The number of hydrogen-bond donors (Lipinski definition) is 0. The van der Waals surface area contributed by atoms with E-state index in [2.05, 4.69) is 23.6 Å². The molecule has 5 heteroatoms. The summed E-state index contributed by atoms with van der Waals surface area (Å²) in [7, 11) is 0. The van der Waals surface area contributed by atoms with Crippen molar-refractivity contribution < 1.29 is 13.9 Å². The smallest absolute Gasteiger partial charge is 0.289 e. The number of ether oxygens (including phenoxy) is 1. The normalized spacial score (nSPS) is 17.2. The molecule has 2 aliphatic rings. The van der Waals surface area contributed by atoms with Gasteiger partial charge in [0.05, 0.1) is 0 Å². The average Bonchev–Trinajstić information content (AvgIpc) is 3.31. The highest BCUT2D eigenvalue weighted by Crippen LogP contribution is 2.26. The molecule has 1 saturated heterocycles. The highest BCUT2D eigenvalue weighted by molar-refractivity contribution is 5.91. The van der Waals surface area contributed by atoms with E-state index in [0.717, 1.165) is 44.8 Å². The standard InChI is InChI=1S/C23H28N2O3/c1-2-11-24-12-4-13-25(15-14-24)23(26)22-10-9-21(28-22)17-27-20-8-7-18-5-3-6-19(18)16-20/h2,7-10,16H,1,3-6,11-15,17H2. The minimum absolute atomic E-state index is 0.0377. The van der Waals surface area contributed by atoms with Gasteiger partial charge in [0, 0.05) is 32.7 Å². The van der Waals surface area contributed by atoms with Crippen molar-refractivity contribution in [1.29, 1.82) is 0 Å². The number of fused-ring (bicyclic) bond motifs is 1. The number of nitrogens with zero attached hydrogens (tertiary/aromatic N) is 2. The molecule has 0 spiro atoms. The Labute approximate surface area is 166 Å². The Balaban J connectivity index is 1.33. The van der Waals surface area contributed by atoms with Crippen LogP contribution in [-0.4, -0.2) is 48.4 Å². The van der Waals surface area contributed by atoms with Crippen molar-refractivity contribution in [3.8, 4) is 5.75 Å². The van der Waals surface area contributed by atoms with Gasteiger partial charge >= 0.3 is 0 Å². The van der Waals surface area contributed by atoms with Crippen LogP contribution in [0.2, 0.25) is 0 Å². The molecule has 0 N–H and O–H groups in total. The van der Waals surface area contributed by atoms with Crippen LogP contribution in [0.15, 0.2) is 47.4 Å². The summed E-state index contributed by atoms with van der Waals surface area (Å²) in [6, 6.07) is 9.90. The summed E-state index contributed by atoms with van der Waals surface area (Å²) < 4.78 is 11.7. The van der Waals surface area contributed by atoms with Gasteiger partial charge in [0.1, 0.15) is 18.1 Å². The number of furan rings is 1. The van der Waals surface area contributed by atoms with Crippen LogP contribution >= 0.6 is 0 Å². The highest BCUT2D eigenvalue weighted by atomic mass is 16.5. The fraction of sp³-hybridized carbons (Fsp3) is 0.435. The van der Waals surface area contributed by atoms with Gasteiger partial charge in [0.2, 0.25) is 0 Å². The van der Waals surface area contributed by atoms with Gasteiger partial charge < -0.3 is 14.1 Å². The predicted molar refractivity (Wildman–Crippen MR) is 109 cm³/mol. The van der Waals surface area contributed by atoms with Crippen LogP contribution in [-0.2, 0) is 19.4 Å². The summed E-state index contributed by atoms with van der Waals surface area (Å²) in [4.78, 5) is 17.0. The molecule has 0 radical (unpaired) electrons. The number of aryl methyl sites for hydroxylation is 2. The van der Waals surface area contributed by atoms with Gasteiger partial charge in [-0.25, -0.2) is 0 Å². The lowest BCUT2D eigenvalue weighted by Crippen LogP contribution is -2.35. The van der Waals surface area contributed by atoms with Gasteiger partial charge in [-0.3, -0.25) is 9.69 Å². The van der Waals surface area contributed by atoms with Crippen molar-refractivity contribution in [2.45, 2.75) is 32.3 Å². The van der Waals surface area contributed by atoms with Crippen molar-refractivity contribution in [3.05, 3.63) is 65.6 Å². The second-order valence-electron chi connectivity index (χ2n) is 7.57. The van der Waals surface area contributed by atoms with Crippen LogP contribution in [0.4, 0.5) is 0 Å². The van der Waals surface area contributed by atoms with Crippen LogP contribution in [0.1, 0.15) is 40.3 Å². The minimum atomic E-state index is -0.0377. The largest absolute Gasteiger partial charge is 0.486 e. The Morgan fingerprint density at radius 3 is 2.86 bits per heavy atom. The molecular formula is C23H28N2O3. The van der Waals surface area contributed by atoms with Gasteiger partial charge in [0.15, 0.2) is 5.76 Å². The molecule has 1 aliphatic carbocycles. The maximum atomic E-state index is 12.8. The lowest BCUT2D eigenvalue weighted by atomic mass is 10.1. The first kappa shape index (κ1) is 18.8. The number of carbonyl (C=O) groups is 1. The van der Waals surface area contributed by atoms with Crippen molar-refractivity contribution in [1.82, 2.24) is 9.80 Å². The molecule has 1 aliphatic heterocycles. The molecule has 1 fully saturated rings.